The van der Waals surface area contributed by atoms with Crippen LogP contribution in [0.4, 0.5) is 10.1 Å². The van der Waals surface area contributed by atoms with Crippen LogP contribution >= 0.6 is 0 Å². The average Bonchev–Trinajstić information content (AvgIpc) is 3.73. The molecular weight excluding hydrogens is 533 g/mol. The van der Waals surface area contributed by atoms with Crippen LogP contribution in [0.3, 0.4) is 0 Å². The van der Waals surface area contributed by atoms with Crippen LogP contribution in [0.25, 0.3) is 11.1 Å². The van der Waals surface area contributed by atoms with Crippen molar-refractivity contribution in [2.45, 2.75) is 87.6 Å². The van der Waals surface area contributed by atoms with E-state index in [0.29, 0.717) is 43.2 Å². The summed E-state index contributed by atoms with van der Waals surface area (Å²) in [6.07, 6.45) is 9.50. The lowest BCUT2D eigenvalue weighted by molar-refractivity contribution is -0.211. The first-order valence-corrected chi connectivity index (χ1v) is 15.4. The van der Waals surface area contributed by atoms with Gasteiger partial charge in [0.2, 0.25) is 11.8 Å². The number of hydrogen-bond acceptors (Lipinski definition) is 6. The molecule has 0 unspecified atom stereocenters. The first-order chi connectivity index (χ1) is 20.3. The maximum atomic E-state index is 14.6. The first kappa shape index (κ1) is 26.2. The Morgan fingerprint density at radius 1 is 0.952 bits per heavy atom. The second-order valence-electron chi connectivity index (χ2n) is 14.0. The molecule has 0 N–H and O–H groups in total. The Morgan fingerprint density at radius 2 is 1.64 bits per heavy atom. The highest BCUT2D eigenvalue weighted by atomic mass is 19.1. The number of ether oxygens (including phenoxy) is 2. The van der Waals surface area contributed by atoms with Crippen LogP contribution in [0.5, 0.6) is 11.5 Å². The van der Waals surface area contributed by atoms with E-state index in [2.05, 4.69) is 17.3 Å². The van der Waals surface area contributed by atoms with E-state index in [0.717, 1.165) is 79.9 Å². The number of anilines is 1. The molecule has 8 heteroatoms. The van der Waals surface area contributed by atoms with Gasteiger partial charge in [0.1, 0.15) is 5.67 Å². The molecule has 220 valence electrons. The highest BCUT2D eigenvalue weighted by molar-refractivity contribution is 6.00. The van der Waals surface area contributed by atoms with E-state index >= 15 is 0 Å². The van der Waals surface area contributed by atoms with Gasteiger partial charge in [0, 0.05) is 23.6 Å². The van der Waals surface area contributed by atoms with Crippen LogP contribution in [0, 0.1) is 10.8 Å². The number of alkyl halides is 1. The molecule has 0 saturated heterocycles. The molecule has 0 atom stereocenters. The van der Waals surface area contributed by atoms with E-state index in [4.69, 9.17) is 19.0 Å². The Balaban J connectivity index is 1.08. The minimum atomic E-state index is -1.13. The van der Waals surface area contributed by atoms with E-state index in [1.807, 2.05) is 35.2 Å². The lowest BCUT2D eigenvalue weighted by atomic mass is 9.41. The number of benzene rings is 2. The van der Waals surface area contributed by atoms with Crippen molar-refractivity contribution in [1.82, 2.24) is 10.1 Å². The molecule has 7 saturated carbocycles. The van der Waals surface area contributed by atoms with Crippen molar-refractivity contribution < 1.29 is 23.2 Å². The van der Waals surface area contributed by atoms with Crippen molar-refractivity contribution in [3.63, 3.8) is 0 Å². The van der Waals surface area contributed by atoms with Gasteiger partial charge in [0.15, 0.2) is 17.3 Å². The molecule has 10 rings (SSSR count). The van der Waals surface area contributed by atoms with Gasteiger partial charge in [-0.3, -0.25) is 4.79 Å². The van der Waals surface area contributed by atoms with Crippen molar-refractivity contribution in [2.24, 2.45) is 10.8 Å². The summed E-state index contributed by atoms with van der Waals surface area (Å²) in [6, 6.07) is 14.1. The number of carbonyl (C=O) groups excluding carboxylic acids is 1. The molecule has 0 radical (unpaired) electrons. The van der Waals surface area contributed by atoms with E-state index in [-0.39, 0.29) is 16.7 Å². The van der Waals surface area contributed by atoms with Crippen LogP contribution in [-0.2, 0) is 10.2 Å². The predicted octanol–water partition coefficient (Wildman–Crippen LogP) is 7.15. The standard InChI is InChI=1S/C34H38FN3O4/c1-40-26-9-8-24(17-27(26)41-2)23-4-3-5-25(16-23)38(30(39)33-18-34(35,19-33)20-33)21-31-10-13-32(14-11-31,15-12-31)29-36-28(37-42-29)22-6-7-22/h3-5,8-9,16-17,22H,6-7,10-15,18-21H2,1-2H3. The van der Waals surface area contributed by atoms with E-state index < -0.39 is 11.1 Å². The minimum absolute atomic E-state index is 0.0292. The van der Waals surface area contributed by atoms with Gasteiger partial charge in [-0.15, -0.1) is 0 Å². The summed E-state index contributed by atoms with van der Waals surface area (Å²) in [4.78, 5) is 21.1. The number of amides is 1. The molecular formula is C34H38FN3O4. The fourth-order valence-corrected chi connectivity index (χ4v) is 8.44. The van der Waals surface area contributed by atoms with E-state index in [1.165, 1.54) is 0 Å². The van der Waals surface area contributed by atoms with E-state index in [1.54, 1.807) is 14.2 Å². The van der Waals surface area contributed by atoms with Gasteiger partial charge in [-0.05, 0) is 111 Å². The van der Waals surface area contributed by atoms with Gasteiger partial charge in [-0.2, -0.15) is 4.98 Å². The molecule has 42 heavy (non-hydrogen) atoms. The average molecular weight is 572 g/mol. The zero-order chi connectivity index (χ0) is 28.7. The number of nitrogens with zero attached hydrogens (tertiary/aromatic N) is 3. The van der Waals surface area contributed by atoms with E-state index in [9.17, 15) is 9.18 Å². The molecule has 2 aromatic carbocycles. The van der Waals surface area contributed by atoms with Crippen molar-refractivity contribution >= 4 is 11.6 Å². The van der Waals surface area contributed by atoms with Gasteiger partial charge in [-0.1, -0.05) is 23.4 Å². The number of halogens is 1. The topological polar surface area (TPSA) is 77.7 Å². The lowest BCUT2D eigenvalue weighted by Crippen LogP contribution is -2.71. The summed E-state index contributed by atoms with van der Waals surface area (Å²) in [5, 5.41) is 4.31. The molecule has 7 aliphatic carbocycles. The summed E-state index contributed by atoms with van der Waals surface area (Å²) in [6.45, 7) is 0.662. The molecule has 1 heterocycles. The fourth-order valence-electron chi connectivity index (χ4n) is 8.44. The quantitative estimate of drug-likeness (QED) is 0.272. The van der Waals surface area contributed by atoms with Crippen LogP contribution in [0.1, 0.15) is 88.3 Å². The smallest absolute Gasteiger partial charge is 0.233 e. The van der Waals surface area contributed by atoms with Crippen molar-refractivity contribution in [3.05, 3.63) is 54.2 Å². The summed E-state index contributed by atoms with van der Waals surface area (Å²) in [5.74, 6) is 3.63. The number of aromatic nitrogens is 2. The molecule has 1 aromatic heterocycles. The zero-order valence-electron chi connectivity index (χ0n) is 24.5. The molecule has 3 aromatic rings. The second-order valence-corrected chi connectivity index (χ2v) is 14.0. The molecule has 7 fully saturated rings. The molecule has 0 aliphatic heterocycles. The number of hydrogen-bond donors (Lipinski definition) is 0. The Bertz CT molecular complexity index is 1520. The predicted molar refractivity (Wildman–Crippen MR) is 156 cm³/mol. The third-order valence-corrected chi connectivity index (χ3v) is 11.3. The highest BCUT2D eigenvalue weighted by Crippen LogP contribution is 2.70. The number of carbonyl (C=O) groups is 1. The normalized spacial score (nSPS) is 32.5. The first-order valence-electron chi connectivity index (χ1n) is 15.4. The molecule has 0 spiro atoms. The Labute approximate surface area is 245 Å². The monoisotopic (exact) mass is 571 g/mol. The van der Waals surface area contributed by atoms with Gasteiger partial charge < -0.3 is 18.9 Å². The maximum absolute atomic E-state index is 14.6. The number of methoxy groups -OCH3 is 2. The lowest BCUT2D eigenvalue weighted by Gasteiger charge is -2.65. The molecule has 4 bridgehead atoms. The van der Waals surface area contributed by atoms with Crippen LogP contribution in [0.15, 0.2) is 47.0 Å². The van der Waals surface area contributed by atoms with Crippen LogP contribution in [0.2, 0.25) is 0 Å². The fraction of sp³-hybridized carbons (Fsp3) is 0.559. The zero-order valence-corrected chi connectivity index (χ0v) is 24.5. The van der Waals surface area contributed by atoms with Gasteiger partial charge in [0.25, 0.3) is 0 Å². The number of fused-ring (bicyclic) bond motifs is 3. The molecule has 7 aliphatic rings. The van der Waals surface area contributed by atoms with Gasteiger partial charge >= 0.3 is 0 Å². The minimum Gasteiger partial charge on any atom is -0.493 e. The van der Waals surface area contributed by atoms with Crippen molar-refractivity contribution in [3.8, 4) is 22.6 Å². The highest BCUT2D eigenvalue weighted by Gasteiger charge is 2.73. The molecule has 1 amide bonds. The summed E-state index contributed by atoms with van der Waals surface area (Å²) >= 11 is 0. The van der Waals surface area contributed by atoms with Gasteiger partial charge in [0.05, 0.1) is 19.6 Å². The SMILES string of the molecule is COc1ccc(-c2cccc(N(CC34CCC(c5nc(C6CC6)no5)(CC3)CC4)C(=O)C34CC(F)(C3)C4)c2)cc1OC. The third-order valence-electron chi connectivity index (χ3n) is 11.3. The summed E-state index contributed by atoms with van der Waals surface area (Å²) in [5.41, 5.74) is 1.20. The van der Waals surface area contributed by atoms with Crippen LogP contribution in [-0.4, -0.2) is 42.5 Å². The third kappa shape index (κ3) is 4.00. The number of rotatable bonds is 9. The Hall–Kier alpha value is -3.42. The van der Waals surface area contributed by atoms with Crippen molar-refractivity contribution in [2.75, 3.05) is 25.7 Å². The summed E-state index contributed by atoms with van der Waals surface area (Å²) in [7, 11) is 3.26. The molecule has 7 nitrogen and oxygen atoms in total. The Morgan fingerprint density at radius 3 is 2.29 bits per heavy atom. The maximum Gasteiger partial charge on any atom is 0.233 e. The van der Waals surface area contributed by atoms with Gasteiger partial charge in [-0.25, -0.2) is 4.39 Å². The largest absolute Gasteiger partial charge is 0.493 e. The van der Waals surface area contributed by atoms with Crippen LogP contribution < -0.4 is 14.4 Å². The Kier molecular flexibility index (Phi) is 5.65. The van der Waals surface area contributed by atoms with Crippen molar-refractivity contribution in [1.29, 1.82) is 0 Å². The summed E-state index contributed by atoms with van der Waals surface area (Å²) < 4.78 is 31.4. The second kappa shape index (κ2) is 9.04.